The molecule has 57 heavy (non-hydrogen) atoms. The second-order valence-corrected chi connectivity index (χ2v) is 12.5. The molecule has 4 aromatic rings. The minimum absolute atomic E-state index is 0.0263. The molecule has 1 atom stereocenters. The zero-order valence-electron chi connectivity index (χ0n) is 29.1. The number of benzene rings is 2. The van der Waals surface area contributed by atoms with Crippen molar-refractivity contribution in [3.63, 3.8) is 0 Å². The number of rotatable bonds is 4. The van der Waals surface area contributed by atoms with Crippen LogP contribution in [0.3, 0.4) is 0 Å². The summed E-state index contributed by atoms with van der Waals surface area (Å²) in [6.45, 7) is 1.00. The van der Waals surface area contributed by atoms with Crippen LogP contribution in [0.1, 0.15) is 29.5 Å². The molecular weight excluding hydrogens is 792 g/mol. The average Bonchev–Trinajstić information content (AvgIpc) is 3.61. The molecule has 22 heteroatoms. The van der Waals surface area contributed by atoms with E-state index in [1.165, 1.54) is 6.20 Å². The van der Waals surface area contributed by atoms with Gasteiger partial charge in [0.1, 0.15) is 11.1 Å². The Kier molecular flexibility index (Phi) is 14.2. The highest BCUT2D eigenvalue weighted by Gasteiger charge is 2.39. The lowest BCUT2D eigenvalue weighted by Gasteiger charge is -2.18. The number of carbonyl (C=O) groups excluding carboxylic acids is 2. The van der Waals surface area contributed by atoms with Gasteiger partial charge in [0.15, 0.2) is 5.82 Å². The second kappa shape index (κ2) is 18.8. The van der Waals surface area contributed by atoms with Crippen molar-refractivity contribution < 1.29 is 55.7 Å². The van der Waals surface area contributed by atoms with E-state index in [0.29, 0.717) is 54.0 Å². The summed E-state index contributed by atoms with van der Waals surface area (Å²) in [6.07, 6.45) is -2.74. The summed E-state index contributed by atoms with van der Waals surface area (Å²) in [6, 6.07) is 16.4. The fourth-order valence-corrected chi connectivity index (χ4v) is 5.42. The Balaban J connectivity index is 0.000000440. The minimum Gasteiger partial charge on any atom is -0.475 e. The maximum absolute atomic E-state index is 13.2. The molecule has 1 saturated heterocycles. The molecular formula is C35H30ClF6N9O6. The Morgan fingerprint density at radius 2 is 1.58 bits per heavy atom. The topological polar surface area (TPSA) is 223 Å². The highest BCUT2D eigenvalue weighted by atomic mass is 35.5. The van der Waals surface area contributed by atoms with E-state index in [2.05, 4.69) is 42.3 Å². The van der Waals surface area contributed by atoms with Crippen molar-refractivity contribution in [1.29, 1.82) is 5.26 Å². The molecule has 6 N–H and O–H groups in total. The summed E-state index contributed by atoms with van der Waals surface area (Å²) in [5, 5.41) is 36.3. The van der Waals surface area contributed by atoms with Gasteiger partial charge in [-0.25, -0.2) is 19.4 Å². The third-order valence-electron chi connectivity index (χ3n) is 7.94. The van der Waals surface area contributed by atoms with Crippen LogP contribution in [0.15, 0.2) is 67.1 Å². The normalized spacial score (nSPS) is 14.4. The largest absolute Gasteiger partial charge is 0.490 e. The van der Waals surface area contributed by atoms with Crippen LogP contribution in [-0.4, -0.2) is 79.4 Å². The molecule has 2 aliphatic rings. The highest BCUT2D eigenvalue weighted by Crippen LogP contribution is 2.30. The van der Waals surface area contributed by atoms with Crippen LogP contribution in [0.4, 0.5) is 65.7 Å². The van der Waals surface area contributed by atoms with Gasteiger partial charge in [-0.05, 0) is 72.7 Å². The van der Waals surface area contributed by atoms with Gasteiger partial charge in [-0.3, -0.25) is 9.78 Å². The molecule has 2 aromatic carbocycles. The van der Waals surface area contributed by atoms with Gasteiger partial charge in [0, 0.05) is 37.1 Å². The second-order valence-electron chi connectivity index (χ2n) is 12.1. The number of anilines is 6. The number of nitrogens with zero attached hydrogens (tertiary/aromatic N) is 5. The van der Waals surface area contributed by atoms with Gasteiger partial charge in [0.2, 0.25) is 11.9 Å². The van der Waals surface area contributed by atoms with Crippen molar-refractivity contribution in [1.82, 2.24) is 19.9 Å². The minimum atomic E-state index is -5.08. The number of hydrogen-bond acceptors (Lipinski definition) is 10. The van der Waals surface area contributed by atoms with E-state index < -0.39 is 24.3 Å². The van der Waals surface area contributed by atoms with Crippen LogP contribution in [0.5, 0.6) is 0 Å². The van der Waals surface area contributed by atoms with Crippen LogP contribution in [-0.2, 0) is 27.2 Å². The Morgan fingerprint density at radius 3 is 2.25 bits per heavy atom. The molecule has 1 fully saturated rings. The van der Waals surface area contributed by atoms with Gasteiger partial charge in [0.05, 0.1) is 29.3 Å². The van der Waals surface area contributed by atoms with Crippen molar-refractivity contribution in [2.45, 2.75) is 38.0 Å². The number of nitrogens with one attached hydrogen (secondary N) is 4. The molecule has 2 aromatic heterocycles. The lowest BCUT2D eigenvalue weighted by Crippen LogP contribution is -2.33. The Bertz CT molecular complexity index is 2140. The fraction of sp³-hybridized carbons (Fsp3) is 0.257. The molecule has 0 spiro atoms. The van der Waals surface area contributed by atoms with Crippen molar-refractivity contribution in [2.24, 2.45) is 5.92 Å². The number of aromatic nitrogens is 3. The lowest BCUT2D eigenvalue weighted by molar-refractivity contribution is -0.193. The SMILES string of the molecule is N#Cc1ccccc1NC(=O)N1CC[C@@H](CC(=O)Nc2ccc3cc2CCc2cncc(c2)Nc2ncc(Cl)c(n2)N3)C1.O=C(O)C(F)(F)F.O=C(O)C(F)(F)F. The summed E-state index contributed by atoms with van der Waals surface area (Å²) in [5.74, 6) is -4.75. The van der Waals surface area contributed by atoms with E-state index >= 15 is 0 Å². The first-order valence-corrected chi connectivity index (χ1v) is 16.8. The maximum Gasteiger partial charge on any atom is 0.490 e. The van der Waals surface area contributed by atoms with Crippen molar-refractivity contribution in [3.8, 4) is 6.07 Å². The van der Waals surface area contributed by atoms with Crippen LogP contribution in [0.25, 0.3) is 0 Å². The van der Waals surface area contributed by atoms with Crippen molar-refractivity contribution in [2.75, 3.05) is 34.4 Å². The number of likely N-dealkylation sites (tertiary alicyclic amines) is 1. The molecule has 0 radical (unpaired) electrons. The van der Waals surface area contributed by atoms with E-state index in [0.717, 1.165) is 34.6 Å². The molecule has 4 heterocycles. The summed E-state index contributed by atoms with van der Waals surface area (Å²) >= 11 is 6.37. The molecule has 0 unspecified atom stereocenters. The van der Waals surface area contributed by atoms with Crippen LogP contribution in [0.2, 0.25) is 5.02 Å². The van der Waals surface area contributed by atoms with Gasteiger partial charge in [0.25, 0.3) is 0 Å². The van der Waals surface area contributed by atoms with Gasteiger partial charge in [-0.15, -0.1) is 0 Å². The third kappa shape index (κ3) is 13.0. The molecule has 300 valence electrons. The van der Waals surface area contributed by atoms with Crippen LogP contribution < -0.4 is 21.3 Å². The molecule has 6 bridgehead atoms. The molecule has 0 saturated carbocycles. The number of alkyl halides is 6. The Labute approximate surface area is 323 Å². The number of para-hydroxylation sites is 1. The van der Waals surface area contributed by atoms with E-state index in [1.54, 1.807) is 35.4 Å². The predicted octanol–water partition coefficient (Wildman–Crippen LogP) is 7.13. The van der Waals surface area contributed by atoms with E-state index in [4.69, 9.17) is 31.4 Å². The van der Waals surface area contributed by atoms with Crippen molar-refractivity contribution in [3.05, 3.63) is 88.8 Å². The lowest BCUT2D eigenvalue weighted by atomic mass is 10.0. The van der Waals surface area contributed by atoms with Crippen LogP contribution >= 0.6 is 11.6 Å². The summed E-state index contributed by atoms with van der Waals surface area (Å²) in [7, 11) is 0. The number of carboxylic acids is 2. The van der Waals surface area contributed by atoms with Gasteiger partial charge >= 0.3 is 30.3 Å². The number of urea groups is 1. The average molecular weight is 822 g/mol. The Hall–Kier alpha value is -6.69. The number of hydrogen-bond donors (Lipinski definition) is 6. The number of halogens is 7. The van der Waals surface area contributed by atoms with E-state index in [9.17, 15) is 41.2 Å². The number of aliphatic carboxylic acids is 2. The number of nitriles is 1. The highest BCUT2D eigenvalue weighted by molar-refractivity contribution is 6.32. The number of pyridine rings is 1. The van der Waals surface area contributed by atoms with Gasteiger partial charge < -0.3 is 36.4 Å². The number of aryl methyl sites for hydroxylation is 2. The predicted molar refractivity (Wildman–Crippen MR) is 192 cm³/mol. The first kappa shape index (κ1) is 43.0. The summed E-state index contributed by atoms with van der Waals surface area (Å²) in [4.78, 5) is 58.6. The van der Waals surface area contributed by atoms with Crippen LogP contribution in [0, 0.1) is 17.2 Å². The number of carbonyl (C=O) groups is 4. The molecule has 2 aliphatic heterocycles. The molecule has 0 aliphatic carbocycles. The zero-order valence-corrected chi connectivity index (χ0v) is 29.8. The molecule has 15 nitrogen and oxygen atoms in total. The summed E-state index contributed by atoms with van der Waals surface area (Å²) in [5.41, 5.74) is 5.12. The summed E-state index contributed by atoms with van der Waals surface area (Å²) < 4.78 is 63.5. The molecule has 6 rings (SSSR count). The monoisotopic (exact) mass is 821 g/mol. The number of amides is 3. The third-order valence-corrected chi connectivity index (χ3v) is 8.22. The van der Waals surface area contributed by atoms with Crippen molar-refractivity contribution >= 4 is 70.0 Å². The first-order valence-electron chi connectivity index (χ1n) is 16.4. The maximum atomic E-state index is 13.2. The molecule has 3 amide bonds. The smallest absolute Gasteiger partial charge is 0.475 e. The number of fused-ring (bicyclic) bond motifs is 6. The standard InChI is InChI=1S/C31H28ClN9O2.2C2HF3O2/c32-25-17-35-30-37-24-11-19(15-34-16-24)5-6-21-13-23(36-29(25)40-30)7-8-27(21)38-28(42)12-20-9-10-41(18-20)31(43)39-26-4-2-1-3-22(26)14-33;2*3-2(4,5)1(6)7/h1-4,7-8,11,13,15-17,20H,5-6,9-10,12,18H2,(H,38,42)(H,39,43)(H2,35,36,37,40);2*(H,6,7)/t20-;;/m0../s1. The van der Waals surface area contributed by atoms with Gasteiger partial charge in [-0.1, -0.05) is 23.7 Å². The Morgan fingerprint density at radius 1 is 0.895 bits per heavy atom. The van der Waals surface area contributed by atoms with E-state index in [-0.39, 0.29) is 24.3 Å². The van der Waals surface area contributed by atoms with E-state index in [1.807, 2.05) is 30.5 Å². The quantitative estimate of drug-likeness (QED) is 0.113. The first-order chi connectivity index (χ1) is 26.8. The fourth-order valence-electron chi connectivity index (χ4n) is 5.28. The zero-order chi connectivity index (χ0) is 41.9. The number of carboxylic acid groups (broad SMARTS) is 2. The van der Waals surface area contributed by atoms with Gasteiger partial charge in [-0.2, -0.15) is 36.6 Å².